The Morgan fingerprint density at radius 1 is 0.554 bits per heavy atom. The molecule has 4 N–H and O–H groups in total. The lowest BCUT2D eigenvalue weighted by atomic mass is 9.99. The van der Waals surface area contributed by atoms with Gasteiger partial charge in [-0.2, -0.15) is 0 Å². The van der Waals surface area contributed by atoms with Gasteiger partial charge in [0, 0.05) is 31.3 Å². The molecule has 4 aliphatic rings. The molecule has 0 radical (unpaired) electrons. The summed E-state index contributed by atoms with van der Waals surface area (Å²) in [7, 11) is 0. The number of non-ortho nitro benzene ring substituents is 3. The highest BCUT2D eigenvalue weighted by molar-refractivity contribution is 5.68. The number of hydrogen-bond donors (Lipinski definition) is 4. The van der Waals surface area contributed by atoms with Crippen LogP contribution in [0.4, 0.5) is 51.2 Å². The Hall–Kier alpha value is -6.86. The van der Waals surface area contributed by atoms with E-state index in [-0.39, 0.29) is 17.1 Å². The van der Waals surface area contributed by atoms with Gasteiger partial charge < -0.3 is 54.2 Å². The molecule has 0 unspecified atom stereocenters. The summed E-state index contributed by atoms with van der Waals surface area (Å²) in [4.78, 5) is 67.1. The van der Waals surface area contributed by atoms with Crippen molar-refractivity contribution >= 4 is 51.2 Å². The predicted octanol–water partition coefficient (Wildman–Crippen LogP) is 3.38. The maximum atomic E-state index is 12.5. The van der Waals surface area contributed by atoms with Crippen LogP contribution in [0.3, 0.4) is 0 Å². The van der Waals surface area contributed by atoms with Crippen LogP contribution in [0.2, 0.25) is 0 Å². The van der Waals surface area contributed by atoms with Crippen molar-refractivity contribution in [2.45, 2.75) is 101 Å². The monoisotopic (exact) mass is 917 g/mol. The highest BCUT2D eigenvalue weighted by Gasteiger charge is 2.59. The maximum Gasteiger partial charge on any atom is 0.299 e. The second-order valence-electron chi connectivity index (χ2n) is 16.1. The highest BCUT2D eigenvalue weighted by Crippen LogP contribution is 2.44. The number of nitro benzene ring substituents is 6. The van der Waals surface area contributed by atoms with Crippen molar-refractivity contribution in [1.29, 1.82) is 0 Å². The summed E-state index contributed by atoms with van der Waals surface area (Å²) < 4.78 is 36.0. The number of benzene rings is 3. The minimum Gasteiger partial charge on any atom is -0.388 e. The van der Waals surface area contributed by atoms with Crippen LogP contribution in [0.25, 0.3) is 0 Å². The van der Waals surface area contributed by atoms with Crippen molar-refractivity contribution < 1.29 is 68.2 Å². The second kappa shape index (κ2) is 17.3. The number of aliphatic hydroxyl groups excluding tert-OH is 2. The van der Waals surface area contributed by atoms with Crippen molar-refractivity contribution in [1.82, 2.24) is 0 Å². The molecule has 0 saturated carbocycles. The van der Waals surface area contributed by atoms with E-state index in [4.69, 9.17) is 28.4 Å². The molecule has 0 amide bonds. The molecular weight excluding hydrogens is 878 g/mol. The van der Waals surface area contributed by atoms with E-state index in [9.17, 15) is 70.9 Å². The van der Waals surface area contributed by atoms with Gasteiger partial charge >= 0.3 is 0 Å². The lowest BCUT2D eigenvalue weighted by Crippen LogP contribution is -2.53. The number of fused-ring (bicyclic) bond motifs is 2. The van der Waals surface area contributed by atoms with Crippen molar-refractivity contribution in [3.8, 4) is 0 Å². The second-order valence-corrected chi connectivity index (χ2v) is 16.1. The van der Waals surface area contributed by atoms with Gasteiger partial charge in [-0.15, -0.1) is 0 Å². The summed E-state index contributed by atoms with van der Waals surface area (Å²) in [6.07, 6.45) is -11.2. The lowest BCUT2D eigenvalue weighted by Gasteiger charge is -2.36. The van der Waals surface area contributed by atoms with Crippen LogP contribution in [-0.2, 0) is 28.4 Å². The molecule has 0 aliphatic carbocycles. The molecule has 0 bridgehead atoms. The molecule has 3 aromatic carbocycles. The fourth-order valence-corrected chi connectivity index (χ4v) is 8.19. The summed E-state index contributed by atoms with van der Waals surface area (Å²) >= 11 is 0. The summed E-state index contributed by atoms with van der Waals surface area (Å²) in [5.41, 5.74) is -5.04. The van der Waals surface area contributed by atoms with Crippen LogP contribution in [0.5, 0.6) is 0 Å². The normalized spacial score (nSPS) is 26.9. The summed E-state index contributed by atoms with van der Waals surface area (Å²) in [5, 5.41) is 101. The fraction of sp³-hybridized carbons (Fsp3) is 0.500. The van der Waals surface area contributed by atoms with Crippen LogP contribution < -0.4 is 15.5 Å². The van der Waals surface area contributed by atoms with Crippen molar-refractivity contribution in [3.63, 3.8) is 0 Å². The lowest BCUT2D eigenvalue weighted by molar-refractivity contribution is -0.394. The number of hydrogen-bond acceptors (Lipinski definition) is 23. The summed E-state index contributed by atoms with van der Waals surface area (Å²) in [6, 6.07) is 5.67. The van der Waals surface area contributed by atoms with Gasteiger partial charge in [0.25, 0.3) is 34.1 Å². The largest absolute Gasteiger partial charge is 0.388 e. The van der Waals surface area contributed by atoms with Crippen LogP contribution in [-0.4, -0.2) is 126 Å². The standard InChI is InChI=1S/C36H39N9O20/c1-35(2)62-31-27(37-19-8-5-16(40(48)49)11-22(19)43(54)55)29(60-33(31)64-35)25(46)14-39(21-10-7-18(42(52)53)13-24(21)45(58)59)15-26(47)30-28(32-34(61-30)65-36(3,4)63-32)38-20-9-6-17(41(50)51)12-23(20)44(56)57/h5-13,25-34,37-38,46-47H,14-15H2,1-4H3/t25-,26-,27-,28-,29+,30+,31+,32+,33+,34+/m0/s1. The minimum atomic E-state index is -1.79. The number of rotatable bonds is 17. The Bertz CT molecular complexity index is 2310. The number of nitrogens with one attached hydrogen (secondary N) is 2. The zero-order valence-electron chi connectivity index (χ0n) is 34.3. The topological polar surface area (TPSA) is 382 Å². The molecule has 10 atom stereocenters. The highest BCUT2D eigenvalue weighted by atomic mass is 16.8. The molecule has 0 aromatic heterocycles. The van der Waals surface area contributed by atoms with E-state index in [2.05, 4.69) is 10.6 Å². The minimum absolute atomic E-state index is 0.248. The van der Waals surface area contributed by atoms with E-state index < -0.39 is 150 Å². The molecular formula is C36H39N9O20. The van der Waals surface area contributed by atoms with E-state index in [1.807, 2.05) is 0 Å². The first-order chi connectivity index (χ1) is 30.4. The Labute approximate surface area is 363 Å². The maximum absolute atomic E-state index is 12.5. The Morgan fingerprint density at radius 2 is 0.908 bits per heavy atom. The van der Waals surface area contributed by atoms with Gasteiger partial charge in [0.05, 0.1) is 72.0 Å². The zero-order valence-corrected chi connectivity index (χ0v) is 34.3. The average Bonchev–Trinajstić information content (AvgIpc) is 3.91. The number of nitrogens with zero attached hydrogens (tertiary/aromatic N) is 7. The smallest absolute Gasteiger partial charge is 0.299 e. The Balaban J connectivity index is 1.24. The molecule has 4 aliphatic heterocycles. The first kappa shape index (κ1) is 46.1. The first-order valence-corrected chi connectivity index (χ1v) is 19.4. The number of aliphatic hydroxyl groups is 2. The van der Waals surface area contributed by atoms with Crippen LogP contribution in [0.15, 0.2) is 54.6 Å². The van der Waals surface area contributed by atoms with Crippen molar-refractivity contribution in [3.05, 3.63) is 115 Å². The average molecular weight is 918 g/mol. The van der Waals surface area contributed by atoms with Gasteiger partial charge in [-0.05, 0) is 45.9 Å². The predicted molar refractivity (Wildman–Crippen MR) is 216 cm³/mol. The number of nitro groups is 6. The fourth-order valence-electron chi connectivity index (χ4n) is 8.19. The summed E-state index contributed by atoms with van der Waals surface area (Å²) in [5.74, 6) is -2.55. The van der Waals surface area contributed by atoms with Crippen molar-refractivity contribution in [2.24, 2.45) is 0 Å². The van der Waals surface area contributed by atoms with Gasteiger partial charge in [-0.1, -0.05) is 0 Å². The van der Waals surface area contributed by atoms with Crippen LogP contribution in [0.1, 0.15) is 27.7 Å². The van der Waals surface area contributed by atoms with E-state index in [1.54, 1.807) is 27.7 Å². The van der Waals surface area contributed by atoms with E-state index in [0.29, 0.717) is 18.2 Å². The van der Waals surface area contributed by atoms with Gasteiger partial charge in [0.2, 0.25) is 0 Å². The molecule has 348 valence electrons. The summed E-state index contributed by atoms with van der Waals surface area (Å²) in [6.45, 7) is 4.77. The zero-order chi connectivity index (χ0) is 47.4. The number of ether oxygens (including phenoxy) is 6. The SMILES string of the molecule is CC1(C)O[C@H]2O[C@H]([C@@H](O)CN(C[C@H](O)[C@H]3O[C@@H]4OC(C)(C)O[C@@H]4[C@H]3Nc3ccc([N+](=O)[O-])cc3[N+](=O)[O-])c3ccc([N+](=O)[O-])cc3[N+](=O)[O-])[C@H](Nc3ccc([N+](=O)[O-])cc3[N+](=O)[O-])[C@H]2O1. The molecule has 4 saturated heterocycles. The van der Waals surface area contributed by atoms with Gasteiger partial charge in [-0.25, -0.2) is 0 Å². The van der Waals surface area contributed by atoms with Crippen LogP contribution in [0, 0.1) is 60.7 Å². The molecule has 29 heteroatoms. The van der Waals surface area contributed by atoms with Gasteiger partial charge in [0.1, 0.15) is 41.5 Å². The van der Waals surface area contributed by atoms with E-state index in [0.717, 1.165) is 41.3 Å². The quantitative estimate of drug-likeness (QED) is 0.111. The molecule has 4 heterocycles. The van der Waals surface area contributed by atoms with Crippen molar-refractivity contribution in [2.75, 3.05) is 28.6 Å². The molecule has 4 fully saturated rings. The van der Waals surface area contributed by atoms with Gasteiger partial charge in [-0.3, -0.25) is 60.7 Å². The third kappa shape index (κ3) is 9.37. The Morgan fingerprint density at radius 3 is 1.26 bits per heavy atom. The van der Waals surface area contributed by atoms with Crippen LogP contribution >= 0.6 is 0 Å². The first-order valence-electron chi connectivity index (χ1n) is 19.4. The van der Waals surface area contributed by atoms with E-state index >= 15 is 0 Å². The number of anilines is 3. The molecule has 65 heavy (non-hydrogen) atoms. The molecule has 29 nitrogen and oxygen atoms in total. The Kier molecular flexibility index (Phi) is 12.3. The molecule has 7 rings (SSSR count). The van der Waals surface area contributed by atoms with E-state index in [1.165, 1.54) is 0 Å². The molecule has 3 aromatic rings. The molecule has 0 spiro atoms. The third-order valence-corrected chi connectivity index (χ3v) is 10.9. The van der Waals surface area contributed by atoms with Gasteiger partial charge in [0.15, 0.2) is 24.2 Å². The third-order valence-electron chi connectivity index (χ3n) is 10.9.